The lowest BCUT2D eigenvalue weighted by atomic mass is 10.1. The van der Waals surface area contributed by atoms with Crippen LogP contribution in [0.5, 0.6) is 5.88 Å². The molecule has 30 heavy (non-hydrogen) atoms. The van der Waals surface area contributed by atoms with E-state index in [0.29, 0.717) is 31.5 Å². The van der Waals surface area contributed by atoms with Crippen LogP contribution in [0.4, 0.5) is 0 Å². The van der Waals surface area contributed by atoms with Crippen LogP contribution in [0.3, 0.4) is 0 Å². The van der Waals surface area contributed by atoms with Crippen molar-refractivity contribution in [1.29, 1.82) is 0 Å². The molecule has 1 aromatic carbocycles. The molecule has 0 N–H and O–H groups in total. The normalized spacial score (nSPS) is 20.1. The highest BCUT2D eigenvalue weighted by Crippen LogP contribution is 2.36. The number of para-hydroxylation sites is 1. The second kappa shape index (κ2) is 9.71. The summed E-state index contributed by atoms with van der Waals surface area (Å²) in [6, 6.07) is 7.86. The summed E-state index contributed by atoms with van der Waals surface area (Å²) < 4.78 is 16.9. The first kappa shape index (κ1) is 21.0. The molecule has 7 heteroatoms. The first-order chi connectivity index (χ1) is 14.7. The van der Waals surface area contributed by atoms with E-state index in [1.165, 1.54) is 0 Å². The van der Waals surface area contributed by atoms with Gasteiger partial charge in [-0.05, 0) is 51.2 Å². The zero-order valence-corrected chi connectivity index (χ0v) is 17.9. The van der Waals surface area contributed by atoms with Crippen molar-refractivity contribution in [3.05, 3.63) is 30.1 Å². The molecule has 162 valence electrons. The van der Waals surface area contributed by atoms with Crippen molar-refractivity contribution in [3.8, 4) is 5.88 Å². The molecule has 1 aromatic heterocycles. The molecule has 0 unspecified atom stereocenters. The molecule has 0 radical (unpaired) electrons. The lowest BCUT2D eigenvalue weighted by Gasteiger charge is -2.33. The number of methoxy groups -OCH3 is 1. The largest absolute Gasteiger partial charge is 0.477 e. The number of carbonyl (C=O) groups excluding carboxylic acids is 1. The number of benzene rings is 1. The number of carbonyl (C=O) groups is 1. The van der Waals surface area contributed by atoms with Gasteiger partial charge in [0.05, 0.1) is 23.6 Å². The van der Waals surface area contributed by atoms with Crippen molar-refractivity contribution in [2.45, 2.75) is 63.6 Å². The van der Waals surface area contributed by atoms with E-state index in [0.717, 1.165) is 49.4 Å². The highest BCUT2D eigenvalue weighted by molar-refractivity contribution is 5.84. The quantitative estimate of drug-likeness (QED) is 0.584. The maximum atomic E-state index is 13.3. The summed E-state index contributed by atoms with van der Waals surface area (Å²) in [5.74, 6) is 1.26. The zero-order chi connectivity index (χ0) is 20.9. The van der Waals surface area contributed by atoms with E-state index < -0.39 is 0 Å². The molecule has 1 amide bonds. The molecule has 1 saturated heterocycles. The molecule has 1 aliphatic carbocycles. The van der Waals surface area contributed by atoms with Gasteiger partial charge in [-0.1, -0.05) is 12.1 Å². The Balaban J connectivity index is 1.60. The van der Waals surface area contributed by atoms with Crippen LogP contribution in [-0.2, 0) is 14.3 Å². The van der Waals surface area contributed by atoms with Gasteiger partial charge in [-0.15, -0.1) is 0 Å². The maximum Gasteiger partial charge on any atom is 0.252 e. The van der Waals surface area contributed by atoms with Crippen LogP contribution in [0.1, 0.15) is 57.3 Å². The Morgan fingerprint density at radius 2 is 2.03 bits per heavy atom. The molecule has 2 fully saturated rings. The fourth-order valence-corrected chi connectivity index (χ4v) is 4.00. The predicted octanol–water partition coefficient (Wildman–Crippen LogP) is 3.67. The number of ether oxygens (including phenoxy) is 3. The van der Waals surface area contributed by atoms with Crippen molar-refractivity contribution in [3.63, 3.8) is 0 Å². The average Bonchev–Trinajstić information content (AvgIpc) is 3.62. The summed E-state index contributed by atoms with van der Waals surface area (Å²) >= 11 is 0. The van der Waals surface area contributed by atoms with Gasteiger partial charge in [-0.2, -0.15) is 4.98 Å². The lowest BCUT2D eigenvalue weighted by molar-refractivity contribution is -0.149. The number of rotatable bonds is 9. The van der Waals surface area contributed by atoms with Crippen LogP contribution >= 0.6 is 0 Å². The van der Waals surface area contributed by atoms with E-state index in [1.54, 1.807) is 7.11 Å². The minimum Gasteiger partial charge on any atom is -0.477 e. The number of amides is 1. The van der Waals surface area contributed by atoms with E-state index in [1.807, 2.05) is 36.1 Å². The molecule has 0 spiro atoms. The van der Waals surface area contributed by atoms with Gasteiger partial charge >= 0.3 is 0 Å². The highest BCUT2D eigenvalue weighted by atomic mass is 16.5. The van der Waals surface area contributed by atoms with Gasteiger partial charge in [0.1, 0.15) is 6.10 Å². The molecule has 4 rings (SSSR count). The van der Waals surface area contributed by atoms with Crippen LogP contribution in [-0.4, -0.2) is 59.9 Å². The second-order valence-corrected chi connectivity index (χ2v) is 8.11. The van der Waals surface area contributed by atoms with Gasteiger partial charge < -0.3 is 19.1 Å². The minimum absolute atomic E-state index is 0.0732. The van der Waals surface area contributed by atoms with Crippen molar-refractivity contribution in [2.75, 3.05) is 26.9 Å². The van der Waals surface area contributed by atoms with E-state index in [-0.39, 0.29) is 24.1 Å². The molecular weight excluding hydrogens is 382 g/mol. The first-order valence-electron chi connectivity index (χ1n) is 11.0. The third kappa shape index (κ3) is 4.73. The zero-order valence-electron chi connectivity index (χ0n) is 17.9. The maximum absolute atomic E-state index is 13.3. The molecule has 7 nitrogen and oxygen atoms in total. The Morgan fingerprint density at radius 3 is 2.77 bits per heavy atom. The summed E-state index contributed by atoms with van der Waals surface area (Å²) in [6.45, 7) is 3.83. The number of nitrogens with zero attached hydrogens (tertiary/aromatic N) is 3. The monoisotopic (exact) mass is 413 g/mol. The van der Waals surface area contributed by atoms with E-state index in [9.17, 15) is 4.79 Å². The molecule has 2 aromatic rings. The Kier molecular flexibility index (Phi) is 6.79. The fraction of sp³-hybridized carbons (Fsp3) is 0.609. The van der Waals surface area contributed by atoms with Crippen molar-refractivity contribution >= 4 is 16.8 Å². The number of fused-ring (bicyclic) bond motifs is 1. The smallest absolute Gasteiger partial charge is 0.252 e. The topological polar surface area (TPSA) is 73.8 Å². The Labute approximate surface area is 177 Å². The number of hydrogen-bond acceptors (Lipinski definition) is 6. The molecule has 2 aliphatic rings. The van der Waals surface area contributed by atoms with Crippen LogP contribution in [0.25, 0.3) is 10.9 Å². The summed E-state index contributed by atoms with van der Waals surface area (Å²) in [6.07, 6.45) is 5.35. The minimum atomic E-state index is -0.341. The summed E-state index contributed by atoms with van der Waals surface area (Å²) in [4.78, 5) is 24.8. The first-order valence-corrected chi connectivity index (χ1v) is 11.0. The number of hydrogen-bond donors (Lipinski definition) is 0. The van der Waals surface area contributed by atoms with Gasteiger partial charge in [0.25, 0.3) is 5.91 Å². The predicted molar refractivity (Wildman–Crippen MR) is 113 cm³/mol. The van der Waals surface area contributed by atoms with E-state index in [4.69, 9.17) is 24.2 Å². The van der Waals surface area contributed by atoms with Gasteiger partial charge in [0.15, 0.2) is 5.82 Å². The standard InChI is InChI=1S/C23H31N3O4/c1-16(26(17-11-12-17)23(27)20-10-5-6-14-29-20)21-24-19-9-4-3-8-18(19)22(25-21)30-15-7-13-28-2/h3-4,8-9,16-17,20H,5-7,10-15H2,1-2H3/t16-,20+/m0/s1. The highest BCUT2D eigenvalue weighted by Gasteiger charge is 2.40. The SMILES string of the molecule is COCCCOc1nc([C@H](C)N(C(=O)[C@H]2CCCCO2)C2CC2)nc2ccccc12. The van der Waals surface area contributed by atoms with Crippen molar-refractivity contribution in [1.82, 2.24) is 14.9 Å². The van der Waals surface area contributed by atoms with Gasteiger partial charge in [-0.3, -0.25) is 4.79 Å². The van der Waals surface area contributed by atoms with Crippen LogP contribution in [0.15, 0.2) is 24.3 Å². The molecular formula is C23H31N3O4. The number of aromatic nitrogens is 2. The second-order valence-electron chi connectivity index (χ2n) is 8.11. The van der Waals surface area contributed by atoms with Crippen molar-refractivity contribution in [2.24, 2.45) is 0 Å². The summed E-state index contributed by atoms with van der Waals surface area (Å²) in [5, 5.41) is 0.880. The van der Waals surface area contributed by atoms with Gasteiger partial charge in [-0.25, -0.2) is 4.98 Å². The average molecular weight is 414 g/mol. The molecule has 0 bridgehead atoms. The van der Waals surface area contributed by atoms with Crippen LogP contribution < -0.4 is 4.74 Å². The fourth-order valence-electron chi connectivity index (χ4n) is 4.00. The van der Waals surface area contributed by atoms with Crippen molar-refractivity contribution < 1.29 is 19.0 Å². The van der Waals surface area contributed by atoms with E-state index >= 15 is 0 Å². The molecule has 2 atom stereocenters. The van der Waals surface area contributed by atoms with Gasteiger partial charge in [0.2, 0.25) is 5.88 Å². The summed E-state index contributed by atoms with van der Waals surface area (Å²) in [5.41, 5.74) is 0.827. The van der Waals surface area contributed by atoms with Crippen LogP contribution in [0.2, 0.25) is 0 Å². The van der Waals surface area contributed by atoms with E-state index in [2.05, 4.69) is 0 Å². The third-order valence-corrected chi connectivity index (χ3v) is 5.76. The third-order valence-electron chi connectivity index (χ3n) is 5.76. The Bertz CT molecular complexity index is 865. The summed E-state index contributed by atoms with van der Waals surface area (Å²) in [7, 11) is 1.68. The molecule has 1 aliphatic heterocycles. The molecule has 2 heterocycles. The van der Waals surface area contributed by atoms with Gasteiger partial charge in [0, 0.05) is 32.8 Å². The Morgan fingerprint density at radius 1 is 1.20 bits per heavy atom. The lowest BCUT2D eigenvalue weighted by Crippen LogP contribution is -2.44. The van der Waals surface area contributed by atoms with Crippen LogP contribution in [0, 0.1) is 0 Å². The Hall–Kier alpha value is -2.25. The molecule has 1 saturated carbocycles.